The molecule has 0 bridgehead atoms. The van der Waals surface area contributed by atoms with E-state index in [1.807, 2.05) is 0 Å². The summed E-state index contributed by atoms with van der Waals surface area (Å²) in [5, 5.41) is 4.63. The predicted molar refractivity (Wildman–Crippen MR) is 73.1 cm³/mol. The van der Waals surface area contributed by atoms with Crippen LogP contribution in [0, 0.1) is 17.5 Å². The van der Waals surface area contributed by atoms with Gasteiger partial charge in [-0.3, -0.25) is 0 Å². The minimum atomic E-state index is -0.890. The third kappa shape index (κ3) is 3.51. The molecule has 0 radical (unpaired) electrons. The van der Waals surface area contributed by atoms with Gasteiger partial charge in [0.1, 0.15) is 17.5 Å². The molecule has 2 N–H and O–H groups in total. The normalized spacial score (nSPS) is 10.2. The summed E-state index contributed by atoms with van der Waals surface area (Å²) < 4.78 is 39.3. The Kier molecular flexibility index (Phi) is 4.29. The summed E-state index contributed by atoms with van der Waals surface area (Å²) in [6.07, 6.45) is 0. The van der Waals surface area contributed by atoms with E-state index in [0.717, 1.165) is 12.1 Å². The Bertz CT molecular complexity index is 609. The average molecular weight is 345 g/mol. The smallest absolute Gasteiger partial charge is 0.307 e. The number of nitrogens with one attached hydrogen (secondary N) is 2. The lowest BCUT2D eigenvalue weighted by molar-refractivity contribution is 0.262. The molecule has 0 aromatic heterocycles. The number of hydrogen-bond donors (Lipinski definition) is 2. The lowest BCUT2D eigenvalue weighted by Crippen LogP contribution is -2.20. The van der Waals surface area contributed by atoms with Gasteiger partial charge in [0.25, 0.3) is 0 Å². The molecule has 0 unspecified atom stereocenters. The molecule has 2 aromatic rings. The van der Waals surface area contributed by atoms with E-state index >= 15 is 0 Å². The highest BCUT2D eigenvalue weighted by Gasteiger charge is 2.10. The number of hydrogen-bond acceptors (Lipinski definition) is 1. The van der Waals surface area contributed by atoms with E-state index in [2.05, 4.69) is 26.6 Å². The largest absolute Gasteiger partial charge is 0.323 e. The molecular weight excluding hydrogens is 337 g/mol. The maximum Gasteiger partial charge on any atom is 0.323 e. The van der Waals surface area contributed by atoms with Crippen LogP contribution >= 0.6 is 15.9 Å². The third-order valence-electron chi connectivity index (χ3n) is 2.36. The first-order valence-electron chi connectivity index (χ1n) is 5.44. The van der Waals surface area contributed by atoms with Gasteiger partial charge in [-0.15, -0.1) is 0 Å². The van der Waals surface area contributed by atoms with E-state index < -0.39 is 23.5 Å². The second-order valence-electron chi connectivity index (χ2n) is 3.83. The van der Waals surface area contributed by atoms with E-state index in [9.17, 15) is 18.0 Å². The highest BCUT2D eigenvalue weighted by atomic mass is 79.9. The molecule has 7 heteroatoms. The molecule has 0 fully saturated rings. The van der Waals surface area contributed by atoms with Crippen molar-refractivity contribution in [3.63, 3.8) is 0 Å². The molecule has 0 aliphatic carbocycles. The molecular formula is C13H8BrF3N2O. The predicted octanol–water partition coefficient (Wildman–Crippen LogP) is 4.51. The van der Waals surface area contributed by atoms with E-state index in [4.69, 9.17) is 0 Å². The number of anilines is 2. The average Bonchev–Trinajstić information content (AvgIpc) is 2.36. The zero-order valence-corrected chi connectivity index (χ0v) is 11.5. The van der Waals surface area contributed by atoms with Gasteiger partial charge < -0.3 is 10.6 Å². The van der Waals surface area contributed by atoms with Gasteiger partial charge in [-0.1, -0.05) is 0 Å². The summed E-state index contributed by atoms with van der Waals surface area (Å²) in [6.45, 7) is 0. The van der Waals surface area contributed by atoms with Crippen molar-refractivity contribution in [3.8, 4) is 0 Å². The Morgan fingerprint density at radius 1 is 0.900 bits per heavy atom. The number of rotatable bonds is 2. The summed E-state index contributed by atoms with van der Waals surface area (Å²) in [7, 11) is 0. The van der Waals surface area contributed by atoms with Gasteiger partial charge in [0.2, 0.25) is 0 Å². The topological polar surface area (TPSA) is 41.1 Å². The molecule has 2 aromatic carbocycles. The van der Waals surface area contributed by atoms with Crippen molar-refractivity contribution in [2.24, 2.45) is 0 Å². The van der Waals surface area contributed by atoms with Gasteiger partial charge >= 0.3 is 6.03 Å². The van der Waals surface area contributed by atoms with Gasteiger partial charge in [0, 0.05) is 10.5 Å². The Morgan fingerprint density at radius 2 is 1.45 bits per heavy atom. The van der Waals surface area contributed by atoms with Crippen molar-refractivity contribution in [1.29, 1.82) is 0 Å². The molecule has 0 spiro atoms. The fraction of sp³-hybridized carbons (Fsp3) is 0. The van der Waals surface area contributed by atoms with Gasteiger partial charge in [-0.05, 0) is 46.3 Å². The summed E-state index contributed by atoms with van der Waals surface area (Å²) in [6, 6.07) is 5.73. The van der Waals surface area contributed by atoms with Crippen LogP contribution in [0.3, 0.4) is 0 Å². The van der Waals surface area contributed by atoms with Crippen molar-refractivity contribution in [2.75, 3.05) is 10.6 Å². The monoisotopic (exact) mass is 344 g/mol. The molecule has 20 heavy (non-hydrogen) atoms. The van der Waals surface area contributed by atoms with Crippen molar-refractivity contribution in [2.45, 2.75) is 0 Å². The van der Waals surface area contributed by atoms with E-state index in [0.29, 0.717) is 16.2 Å². The fourth-order valence-corrected chi connectivity index (χ4v) is 1.91. The van der Waals surface area contributed by atoms with Gasteiger partial charge in [0.15, 0.2) is 0 Å². The molecule has 104 valence electrons. The standard InChI is InChI=1S/C13H8BrF3N2O/c14-9-5-7(15)1-3-11(9)18-13(20)19-12-4-2-8(16)6-10(12)17/h1-6H,(H2,18,19,20). The van der Waals surface area contributed by atoms with Crippen molar-refractivity contribution in [1.82, 2.24) is 0 Å². The molecule has 2 rings (SSSR count). The maximum atomic E-state index is 13.3. The molecule has 2 amide bonds. The Balaban J connectivity index is 2.09. The molecule has 0 heterocycles. The third-order valence-corrected chi connectivity index (χ3v) is 3.01. The van der Waals surface area contributed by atoms with Gasteiger partial charge in [0.05, 0.1) is 11.4 Å². The molecule has 0 aliphatic heterocycles. The SMILES string of the molecule is O=C(Nc1ccc(F)cc1F)Nc1ccc(F)cc1Br. The van der Waals surface area contributed by atoms with Crippen LogP contribution in [-0.2, 0) is 0 Å². The van der Waals surface area contributed by atoms with Crippen LogP contribution in [0.4, 0.5) is 29.3 Å². The van der Waals surface area contributed by atoms with Crippen LogP contribution in [-0.4, -0.2) is 6.03 Å². The lowest BCUT2D eigenvalue weighted by atomic mass is 10.3. The summed E-state index contributed by atoms with van der Waals surface area (Å²) in [5.41, 5.74) is 0.147. The minimum absolute atomic E-state index is 0.165. The number of amides is 2. The molecule has 0 saturated carbocycles. The van der Waals surface area contributed by atoms with Crippen molar-refractivity contribution < 1.29 is 18.0 Å². The summed E-state index contributed by atoms with van der Waals surface area (Å²) in [5.74, 6) is -2.10. The van der Waals surface area contributed by atoms with E-state index in [1.165, 1.54) is 18.2 Å². The van der Waals surface area contributed by atoms with Crippen molar-refractivity contribution >= 4 is 33.3 Å². The molecule has 0 saturated heterocycles. The van der Waals surface area contributed by atoms with Gasteiger partial charge in [-0.2, -0.15) is 0 Å². The number of carbonyl (C=O) groups excluding carboxylic acids is 1. The highest BCUT2D eigenvalue weighted by Crippen LogP contribution is 2.23. The molecule has 3 nitrogen and oxygen atoms in total. The maximum absolute atomic E-state index is 13.3. The zero-order valence-electron chi connectivity index (χ0n) is 9.88. The molecule has 0 aliphatic rings. The fourth-order valence-electron chi connectivity index (χ4n) is 1.46. The zero-order chi connectivity index (χ0) is 14.7. The highest BCUT2D eigenvalue weighted by molar-refractivity contribution is 9.10. The molecule has 0 atom stereocenters. The summed E-state index contributed by atoms with van der Waals surface area (Å²) in [4.78, 5) is 11.7. The van der Waals surface area contributed by atoms with Gasteiger partial charge in [-0.25, -0.2) is 18.0 Å². The van der Waals surface area contributed by atoms with Crippen LogP contribution in [0.5, 0.6) is 0 Å². The van der Waals surface area contributed by atoms with Crippen molar-refractivity contribution in [3.05, 3.63) is 58.3 Å². The Hall–Kier alpha value is -2.02. The second kappa shape index (κ2) is 5.96. The van der Waals surface area contributed by atoms with Crippen LogP contribution < -0.4 is 10.6 Å². The van der Waals surface area contributed by atoms with Crippen LogP contribution in [0.2, 0.25) is 0 Å². The lowest BCUT2D eigenvalue weighted by Gasteiger charge is -2.09. The van der Waals surface area contributed by atoms with Crippen LogP contribution in [0.25, 0.3) is 0 Å². The number of carbonyl (C=O) groups is 1. The van der Waals surface area contributed by atoms with Crippen LogP contribution in [0.1, 0.15) is 0 Å². The second-order valence-corrected chi connectivity index (χ2v) is 4.68. The first kappa shape index (κ1) is 14.4. The first-order chi connectivity index (χ1) is 9.45. The number of urea groups is 1. The minimum Gasteiger partial charge on any atom is -0.307 e. The number of halogens is 4. The first-order valence-corrected chi connectivity index (χ1v) is 6.23. The Morgan fingerprint density at radius 3 is 2.05 bits per heavy atom. The number of benzene rings is 2. The quantitative estimate of drug-likeness (QED) is 0.826. The summed E-state index contributed by atoms with van der Waals surface area (Å²) >= 11 is 3.08. The van der Waals surface area contributed by atoms with E-state index in [1.54, 1.807) is 0 Å². The van der Waals surface area contributed by atoms with Crippen LogP contribution in [0.15, 0.2) is 40.9 Å². The Labute approximate surface area is 120 Å². The van der Waals surface area contributed by atoms with E-state index in [-0.39, 0.29) is 5.69 Å².